The molecule has 3 aromatic rings. The molecule has 1 amide bonds. The van der Waals surface area contributed by atoms with Crippen molar-refractivity contribution in [3.63, 3.8) is 0 Å². The molecule has 1 fully saturated rings. The van der Waals surface area contributed by atoms with Crippen molar-refractivity contribution >= 4 is 16.9 Å². The molecule has 2 aromatic heterocycles. The molecule has 1 atom stereocenters. The molecule has 1 aliphatic rings. The van der Waals surface area contributed by atoms with Gasteiger partial charge in [0.25, 0.3) is 5.91 Å². The van der Waals surface area contributed by atoms with Crippen molar-refractivity contribution in [1.29, 1.82) is 0 Å². The number of aryl methyl sites for hydroxylation is 1. The fourth-order valence-corrected chi connectivity index (χ4v) is 3.26. The largest absolute Gasteiger partial charge is 0.337 e. The number of carbonyl (C=O) groups excluding carboxylic acids is 1. The first kappa shape index (κ1) is 14.7. The molecule has 1 unspecified atom stereocenters. The summed E-state index contributed by atoms with van der Waals surface area (Å²) in [6.45, 7) is 1.38. The zero-order valence-electron chi connectivity index (χ0n) is 13.5. The molecular weight excluding hydrogens is 304 g/mol. The van der Waals surface area contributed by atoms with Crippen molar-refractivity contribution < 1.29 is 4.79 Å². The summed E-state index contributed by atoms with van der Waals surface area (Å²) >= 11 is 0. The van der Waals surface area contributed by atoms with Crippen LogP contribution in [0.3, 0.4) is 0 Å². The number of amides is 1. The van der Waals surface area contributed by atoms with Crippen molar-refractivity contribution in [2.45, 2.75) is 18.8 Å². The number of hydrogen-bond acceptors (Lipinski definition) is 5. The van der Waals surface area contributed by atoms with Crippen LogP contribution in [-0.2, 0) is 7.05 Å². The van der Waals surface area contributed by atoms with E-state index in [2.05, 4.69) is 20.2 Å². The van der Waals surface area contributed by atoms with Gasteiger partial charge in [0.15, 0.2) is 0 Å². The minimum atomic E-state index is -0.0693. The summed E-state index contributed by atoms with van der Waals surface area (Å²) in [5.74, 6) is 1.07. The summed E-state index contributed by atoms with van der Waals surface area (Å²) in [5, 5.41) is 8.14. The van der Waals surface area contributed by atoms with Gasteiger partial charge in [-0.3, -0.25) is 9.78 Å². The predicted octanol–water partition coefficient (Wildman–Crippen LogP) is 1.78. The van der Waals surface area contributed by atoms with Gasteiger partial charge in [-0.05, 0) is 25.0 Å². The second-order valence-corrected chi connectivity index (χ2v) is 6.13. The number of fused-ring (bicyclic) bond motifs is 1. The summed E-state index contributed by atoms with van der Waals surface area (Å²) in [6.07, 6.45) is 5.23. The molecule has 0 radical (unpaired) electrons. The molecule has 3 heterocycles. The fourth-order valence-electron chi connectivity index (χ4n) is 3.26. The van der Waals surface area contributed by atoms with E-state index in [1.54, 1.807) is 12.5 Å². The lowest BCUT2D eigenvalue weighted by Gasteiger charge is -2.31. The van der Waals surface area contributed by atoms with Gasteiger partial charge >= 0.3 is 0 Å². The average Bonchev–Trinajstić information content (AvgIpc) is 3.07. The van der Waals surface area contributed by atoms with Crippen LogP contribution in [0, 0.1) is 0 Å². The summed E-state index contributed by atoms with van der Waals surface area (Å²) in [7, 11) is 1.94. The van der Waals surface area contributed by atoms with Gasteiger partial charge in [0.2, 0.25) is 0 Å². The van der Waals surface area contributed by atoms with Crippen molar-refractivity contribution in [3.8, 4) is 0 Å². The van der Waals surface area contributed by atoms with Crippen molar-refractivity contribution in [2.24, 2.45) is 7.05 Å². The molecular formula is C17H18N6O. The minimum Gasteiger partial charge on any atom is -0.337 e. The molecule has 7 heteroatoms. The van der Waals surface area contributed by atoms with Gasteiger partial charge < -0.3 is 9.47 Å². The first-order valence-electron chi connectivity index (χ1n) is 8.07. The summed E-state index contributed by atoms with van der Waals surface area (Å²) < 4.78 is 1.93. The molecule has 0 saturated carbocycles. The van der Waals surface area contributed by atoms with E-state index in [4.69, 9.17) is 0 Å². The van der Waals surface area contributed by atoms with E-state index in [1.165, 1.54) is 0 Å². The van der Waals surface area contributed by atoms with Gasteiger partial charge in [0, 0.05) is 26.1 Å². The Morgan fingerprint density at radius 1 is 1.25 bits per heavy atom. The van der Waals surface area contributed by atoms with Crippen LogP contribution >= 0.6 is 0 Å². The van der Waals surface area contributed by atoms with Crippen LogP contribution < -0.4 is 0 Å². The Labute approximate surface area is 139 Å². The van der Waals surface area contributed by atoms with E-state index in [0.29, 0.717) is 12.2 Å². The lowest BCUT2D eigenvalue weighted by atomic mass is 9.97. The third kappa shape index (κ3) is 2.62. The summed E-state index contributed by atoms with van der Waals surface area (Å²) in [6, 6.07) is 7.57. The van der Waals surface area contributed by atoms with Gasteiger partial charge in [-0.15, -0.1) is 10.2 Å². The molecule has 1 aromatic carbocycles. The second-order valence-electron chi connectivity index (χ2n) is 6.13. The van der Waals surface area contributed by atoms with Gasteiger partial charge in [-0.2, -0.15) is 0 Å². The smallest absolute Gasteiger partial charge is 0.274 e. The van der Waals surface area contributed by atoms with Crippen LogP contribution in [0.25, 0.3) is 11.0 Å². The number of benzene rings is 1. The van der Waals surface area contributed by atoms with Crippen LogP contribution in [0.15, 0.2) is 36.8 Å². The molecule has 24 heavy (non-hydrogen) atoms. The third-order valence-corrected chi connectivity index (χ3v) is 4.49. The number of piperidine rings is 1. The van der Waals surface area contributed by atoms with Crippen molar-refractivity contribution in [3.05, 3.63) is 48.3 Å². The molecule has 122 valence electrons. The molecule has 0 bridgehead atoms. The van der Waals surface area contributed by atoms with E-state index in [1.807, 2.05) is 40.8 Å². The van der Waals surface area contributed by atoms with Crippen LogP contribution in [0.4, 0.5) is 0 Å². The van der Waals surface area contributed by atoms with E-state index < -0.39 is 0 Å². The van der Waals surface area contributed by atoms with E-state index in [9.17, 15) is 4.79 Å². The standard InChI is InChI=1S/C17H18N6O/c1-22-11-19-21-16(22)12-5-4-8-23(10-12)17(24)15-9-18-13-6-2-3-7-14(13)20-15/h2-3,6-7,9,11-12H,4-5,8,10H2,1H3. The van der Waals surface area contributed by atoms with E-state index in [-0.39, 0.29) is 11.8 Å². The number of hydrogen-bond donors (Lipinski definition) is 0. The van der Waals surface area contributed by atoms with Gasteiger partial charge in [-0.25, -0.2) is 4.98 Å². The van der Waals surface area contributed by atoms with E-state index in [0.717, 1.165) is 36.2 Å². The molecule has 0 aliphatic carbocycles. The van der Waals surface area contributed by atoms with Crippen molar-refractivity contribution in [1.82, 2.24) is 29.6 Å². The van der Waals surface area contributed by atoms with Gasteiger partial charge in [-0.1, -0.05) is 12.1 Å². The lowest BCUT2D eigenvalue weighted by molar-refractivity contribution is 0.0697. The number of likely N-dealkylation sites (tertiary alicyclic amines) is 1. The van der Waals surface area contributed by atoms with E-state index >= 15 is 0 Å². The molecule has 0 spiro atoms. The lowest BCUT2D eigenvalue weighted by Crippen LogP contribution is -2.40. The predicted molar refractivity (Wildman–Crippen MR) is 88.4 cm³/mol. The Kier molecular flexibility index (Phi) is 3.68. The highest BCUT2D eigenvalue weighted by Crippen LogP contribution is 2.26. The SMILES string of the molecule is Cn1cnnc1C1CCCN(C(=O)c2cnc3ccccc3n2)C1. The number of para-hydroxylation sites is 2. The fraction of sp³-hybridized carbons (Fsp3) is 0.353. The van der Waals surface area contributed by atoms with Crippen molar-refractivity contribution in [2.75, 3.05) is 13.1 Å². The first-order chi connectivity index (χ1) is 11.7. The Morgan fingerprint density at radius 3 is 2.88 bits per heavy atom. The third-order valence-electron chi connectivity index (χ3n) is 4.49. The van der Waals surface area contributed by atoms with Crippen LogP contribution in [-0.4, -0.2) is 48.6 Å². The molecule has 4 rings (SSSR count). The average molecular weight is 322 g/mol. The van der Waals surface area contributed by atoms with Crippen LogP contribution in [0.2, 0.25) is 0 Å². The monoisotopic (exact) mass is 322 g/mol. The Hall–Kier alpha value is -2.83. The minimum absolute atomic E-state index is 0.0693. The highest BCUT2D eigenvalue weighted by atomic mass is 16.2. The maximum atomic E-state index is 12.8. The van der Waals surface area contributed by atoms with Crippen LogP contribution in [0.5, 0.6) is 0 Å². The molecule has 1 saturated heterocycles. The normalized spacial score (nSPS) is 18.0. The number of aromatic nitrogens is 5. The number of nitrogens with zero attached hydrogens (tertiary/aromatic N) is 6. The maximum Gasteiger partial charge on any atom is 0.274 e. The van der Waals surface area contributed by atoms with Gasteiger partial charge in [0.05, 0.1) is 17.2 Å². The van der Waals surface area contributed by atoms with Gasteiger partial charge in [0.1, 0.15) is 17.8 Å². The summed E-state index contributed by atoms with van der Waals surface area (Å²) in [4.78, 5) is 23.5. The van der Waals surface area contributed by atoms with Crippen LogP contribution in [0.1, 0.15) is 35.1 Å². The molecule has 1 aliphatic heterocycles. The maximum absolute atomic E-state index is 12.8. The number of rotatable bonds is 2. The highest BCUT2D eigenvalue weighted by molar-refractivity contribution is 5.93. The number of carbonyl (C=O) groups is 1. The zero-order valence-corrected chi connectivity index (χ0v) is 13.5. The Bertz CT molecular complexity index is 889. The molecule has 7 nitrogen and oxygen atoms in total. The zero-order chi connectivity index (χ0) is 16.5. The highest BCUT2D eigenvalue weighted by Gasteiger charge is 2.28. The first-order valence-corrected chi connectivity index (χ1v) is 8.07. The Morgan fingerprint density at radius 2 is 2.08 bits per heavy atom. The quantitative estimate of drug-likeness (QED) is 0.719. The topological polar surface area (TPSA) is 76.8 Å². The second kappa shape index (κ2) is 5.99. The molecule has 0 N–H and O–H groups in total. The summed E-state index contributed by atoms with van der Waals surface area (Å²) in [5.41, 5.74) is 1.93. The Balaban J connectivity index is 1.57.